The van der Waals surface area contributed by atoms with Gasteiger partial charge >= 0.3 is 0 Å². The van der Waals surface area contributed by atoms with Gasteiger partial charge in [-0.25, -0.2) is 9.97 Å². The van der Waals surface area contributed by atoms with E-state index in [1.807, 2.05) is 19.3 Å². The lowest BCUT2D eigenvalue weighted by Gasteiger charge is -2.05. The number of aryl methyl sites for hydroxylation is 2. The molecule has 20 heavy (non-hydrogen) atoms. The molecule has 0 aliphatic rings. The fourth-order valence-electron chi connectivity index (χ4n) is 2.24. The van der Waals surface area contributed by atoms with Crippen molar-refractivity contribution in [2.45, 2.75) is 26.4 Å². The van der Waals surface area contributed by atoms with Crippen LogP contribution < -0.4 is 5.32 Å². The molecule has 0 spiro atoms. The third kappa shape index (κ3) is 3.05. The molecule has 0 saturated carbocycles. The summed E-state index contributed by atoms with van der Waals surface area (Å²) >= 11 is 1.72. The number of hydrogen-bond acceptors (Lipinski definition) is 4. The Morgan fingerprint density at radius 3 is 3.05 bits per heavy atom. The highest BCUT2D eigenvalue weighted by molar-refractivity contribution is 7.09. The average Bonchev–Trinajstić information content (AvgIpc) is 3.05. The number of fused-ring (bicyclic) bond motifs is 1. The van der Waals surface area contributed by atoms with Crippen molar-refractivity contribution >= 4 is 22.4 Å². The maximum absolute atomic E-state index is 4.44. The summed E-state index contributed by atoms with van der Waals surface area (Å²) in [6.45, 7) is 4.88. The molecule has 2 aromatic heterocycles. The number of aromatic nitrogens is 3. The fraction of sp³-hybridized carbons (Fsp3) is 0.333. The quantitative estimate of drug-likeness (QED) is 0.708. The van der Waals surface area contributed by atoms with Crippen LogP contribution in [0, 0.1) is 6.92 Å². The number of nitrogens with zero attached hydrogens (tertiary/aromatic N) is 3. The number of hydrogen-bond donors (Lipinski definition) is 1. The van der Waals surface area contributed by atoms with Gasteiger partial charge in [-0.05, 0) is 32.0 Å². The van der Waals surface area contributed by atoms with Crippen molar-refractivity contribution in [3.63, 3.8) is 0 Å². The van der Waals surface area contributed by atoms with Gasteiger partial charge in [0.05, 0.1) is 17.4 Å². The molecule has 0 aliphatic heterocycles. The number of benzene rings is 1. The first-order valence-corrected chi connectivity index (χ1v) is 7.72. The van der Waals surface area contributed by atoms with Crippen molar-refractivity contribution in [3.05, 3.63) is 46.7 Å². The Balaban J connectivity index is 1.46. The average molecular weight is 286 g/mol. The highest BCUT2D eigenvalue weighted by atomic mass is 32.1. The van der Waals surface area contributed by atoms with Gasteiger partial charge in [-0.3, -0.25) is 0 Å². The molecule has 0 atom stereocenters. The number of thiazole rings is 1. The second kappa shape index (κ2) is 6.15. The molecule has 0 bridgehead atoms. The molecule has 0 saturated heterocycles. The van der Waals surface area contributed by atoms with Gasteiger partial charge in [-0.2, -0.15) is 0 Å². The van der Waals surface area contributed by atoms with Crippen molar-refractivity contribution in [2.24, 2.45) is 0 Å². The lowest BCUT2D eigenvalue weighted by molar-refractivity contribution is 0.587. The Morgan fingerprint density at radius 1 is 1.30 bits per heavy atom. The van der Waals surface area contributed by atoms with E-state index >= 15 is 0 Å². The minimum absolute atomic E-state index is 0.864. The standard InChI is InChI=1S/C15H18N4S/c1-12-10-20-15(18-12)9-16-7-4-8-19-11-17-13-5-2-3-6-14(13)19/h2-3,5-6,10-11,16H,4,7-9H2,1H3. The molecule has 5 heteroatoms. The van der Waals surface area contributed by atoms with E-state index in [1.165, 1.54) is 5.52 Å². The molecule has 3 rings (SSSR count). The first-order chi connectivity index (χ1) is 9.83. The molecule has 104 valence electrons. The number of imidazole rings is 1. The molecule has 1 aromatic carbocycles. The van der Waals surface area contributed by atoms with E-state index in [0.29, 0.717) is 0 Å². The van der Waals surface area contributed by atoms with Crippen LogP contribution in [0.1, 0.15) is 17.1 Å². The predicted octanol–water partition coefficient (Wildman–Crippen LogP) is 2.98. The summed E-state index contributed by atoms with van der Waals surface area (Å²) in [6, 6.07) is 8.25. The van der Waals surface area contributed by atoms with Crippen LogP contribution in [0.2, 0.25) is 0 Å². The van der Waals surface area contributed by atoms with E-state index in [-0.39, 0.29) is 0 Å². The van der Waals surface area contributed by atoms with Crippen LogP contribution in [0.25, 0.3) is 11.0 Å². The lowest BCUT2D eigenvalue weighted by Crippen LogP contribution is -2.16. The van der Waals surface area contributed by atoms with Gasteiger partial charge in [-0.15, -0.1) is 11.3 Å². The predicted molar refractivity (Wildman–Crippen MR) is 82.9 cm³/mol. The summed E-state index contributed by atoms with van der Waals surface area (Å²) in [6.07, 6.45) is 3.01. The molecular weight excluding hydrogens is 268 g/mol. The van der Waals surface area contributed by atoms with E-state index in [9.17, 15) is 0 Å². The van der Waals surface area contributed by atoms with Gasteiger partial charge in [0.2, 0.25) is 0 Å². The van der Waals surface area contributed by atoms with Crippen LogP contribution in [-0.2, 0) is 13.1 Å². The Labute approximate surface area is 122 Å². The van der Waals surface area contributed by atoms with E-state index in [2.05, 4.69) is 43.4 Å². The van der Waals surface area contributed by atoms with Crippen LogP contribution in [0.4, 0.5) is 0 Å². The van der Waals surface area contributed by atoms with Gasteiger partial charge < -0.3 is 9.88 Å². The molecule has 0 fully saturated rings. The van der Waals surface area contributed by atoms with Gasteiger partial charge in [0, 0.05) is 24.2 Å². The highest BCUT2D eigenvalue weighted by Crippen LogP contribution is 2.12. The monoisotopic (exact) mass is 286 g/mol. The number of nitrogens with one attached hydrogen (secondary N) is 1. The Hall–Kier alpha value is -1.72. The molecule has 4 nitrogen and oxygen atoms in total. The summed E-state index contributed by atoms with van der Waals surface area (Å²) in [7, 11) is 0. The van der Waals surface area contributed by atoms with Gasteiger partial charge in [0.25, 0.3) is 0 Å². The van der Waals surface area contributed by atoms with Crippen molar-refractivity contribution in [2.75, 3.05) is 6.54 Å². The zero-order valence-electron chi connectivity index (χ0n) is 11.5. The van der Waals surface area contributed by atoms with Crippen LogP contribution in [0.5, 0.6) is 0 Å². The molecular formula is C15H18N4S. The normalized spacial score (nSPS) is 11.2. The largest absolute Gasteiger partial charge is 0.331 e. The van der Waals surface area contributed by atoms with Gasteiger partial charge in [-0.1, -0.05) is 12.1 Å². The van der Waals surface area contributed by atoms with Crippen molar-refractivity contribution < 1.29 is 0 Å². The van der Waals surface area contributed by atoms with Crippen molar-refractivity contribution in [3.8, 4) is 0 Å². The first-order valence-electron chi connectivity index (χ1n) is 6.84. The zero-order valence-corrected chi connectivity index (χ0v) is 12.4. The highest BCUT2D eigenvalue weighted by Gasteiger charge is 2.01. The second-order valence-electron chi connectivity index (χ2n) is 4.84. The van der Waals surface area contributed by atoms with Crippen LogP contribution in [0.3, 0.4) is 0 Å². The van der Waals surface area contributed by atoms with Crippen LogP contribution in [0.15, 0.2) is 36.0 Å². The maximum atomic E-state index is 4.44. The third-order valence-corrected chi connectivity index (χ3v) is 4.19. The van der Waals surface area contributed by atoms with E-state index in [4.69, 9.17) is 0 Å². The SMILES string of the molecule is Cc1csc(CNCCCn2cnc3ccccc32)n1. The zero-order chi connectivity index (χ0) is 13.8. The van der Waals surface area contributed by atoms with E-state index in [1.54, 1.807) is 11.3 Å². The smallest absolute Gasteiger partial charge is 0.107 e. The molecule has 0 unspecified atom stereocenters. The Kier molecular flexibility index (Phi) is 4.08. The third-order valence-electron chi connectivity index (χ3n) is 3.22. The minimum atomic E-state index is 0.864. The fourth-order valence-corrected chi connectivity index (χ4v) is 2.98. The van der Waals surface area contributed by atoms with Crippen LogP contribution in [-0.4, -0.2) is 21.1 Å². The van der Waals surface area contributed by atoms with E-state index in [0.717, 1.165) is 42.3 Å². The second-order valence-corrected chi connectivity index (χ2v) is 5.78. The molecule has 0 aliphatic carbocycles. The first kappa shape index (κ1) is 13.3. The summed E-state index contributed by atoms with van der Waals surface area (Å²) in [5.74, 6) is 0. The Morgan fingerprint density at radius 2 is 2.20 bits per heavy atom. The molecule has 3 aromatic rings. The number of para-hydroxylation sites is 2. The molecule has 2 heterocycles. The van der Waals surface area contributed by atoms with Crippen molar-refractivity contribution in [1.82, 2.24) is 19.9 Å². The van der Waals surface area contributed by atoms with E-state index < -0.39 is 0 Å². The molecule has 1 N–H and O–H groups in total. The lowest BCUT2D eigenvalue weighted by atomic mass is 10.3. The molecule has 0 amide bonds. The van der Waals surface area contributed by atoms with Crippen LogP contribution >= 0.6 is 11.3 Å². The Bertz CT molecular complexity index is 686. The summed E-state index contributed by atoms with van der Waals surface area (Å²) in [4.78, 5) is 8.84. The molecule has 0 radical (unpaired) electrons. The summed E-state index contributed by atoms with van der Waals surface area (Å²) in [5, 5.41) is 6.69. The van der Waals surface area contributed by atoms with Crippen molar-refractivity contribution in [1.29, 1.82) is 0 Å². The summed E-state index contributed by atoms with van der Waals surface area (Å²) in [5.41, 5.74) is 3.39. The topological polar surface area (TPSA) is 42.7 Å². The maximum Gasteiger partial charge on any atom is 0.107 e. The van der Waals surface area contributed by atoms with Gasteiger partial charge in [0.1, 0.15) is 5.01 Å². The number of rotatable bonds is 6. The summed E-state index contributed by atoms with van der Waals surface area (Å²) < 4.78 is 2.21. The van der Waals surface area contributed by atoms with Gasteiger partial charge in [0.15, 0.2) is 0 Å². The minimum Gasteiger partial charge on any atom is -0.331 e.